The quantitative estimate of drug-likeness (QED) is 0.254. The third-order valence-corrected chi connectivity index (χ3v) is 7.70. The first-order valence-corrected chi connectivity index (χ1v) is 14.4. The Kier molecular flexibility index (Phi) is 8.21. The van der Waals surface area contributed by atoms with Crippen molar-refractivity contribution in [3.63, 3.8) is 0 Å². The molecule has 13 heteroatoms. The Morgan fingerprint density at radius 2 is 1.82 bits per heavy atom. The van der Waals surface area contributed by atoms with E-state index in [1.807, 2.05) is 24.9 Å². The van der Waals surface area contributed by atoms with Crippen LogP contribution < -0.4 is 10.1 Å². The van der Waals surface area contributed by atoms with Gasteiger partial charge in [-0.3, -0.25) is 19.4 Å². The molecule has 0 radical (unpaired) electrons. The number of anilines is 1. The molecular weight excluding hydrogens is 585 g/mol. The molecule has 0 atom stereocenters. The number of hydrogen-bond donors (Lipinski definition) is 1. The molecule has 6 rings (SSSR count). The predicted octanol–water partition coefficient (Wildman–Crippen LogP) is 5.54. The average Bonchev–Trinajstić information content (AvgIpc) is 3.40. The summed E-state index contributed by atoms with van der Waals surface area (Å²) in [5.74, 6) is 0.358. The molecule has 1 aliphatic rings. The minimum absolute atomic E-state index is 0.0959. The summed E-state index contributed by atoms with van der Waals surface area (Å²) in [4.78, 5) is 30.6. The van der Waals surface area contributed by atoms with Crippen LogP contribution in [-0.4, -0.2) is 73.7 Å². The largest absolute Gasteiger partial charge is 0.438 e. The second-order valence-corrected chi connectivity index (χ2v) is 11.1. The highest BCUT2D eigenvalue weighted by molar-refractivity contribution is 6.04. The summed E-state index contributed by atoms with van der Waals surface area (Å²) >= 11 is 0. The number of carbonyl (C=O) groups is 1. The van der Waals surface area contributed by atoms with Gasteiger partial charge in [0, 0.05) is 81.2 Å². The Balaban J connectivity index is 1.25. The lowest BCUT2D eigenvalue weighted by Gasteiger charge is -2.33. The van der Waals surface area contributed by atoms with E-state index in [-0.39, 0.29) is 23.6 Å². The number of piperazine rings is 1. The highest BCUT2D eigenvalue weighted by Gasteiger charge is 2.34. The maximum absolute atomic E-state index is 14.1. The van der Waals surface area contributed by atoms with E-state index in [4.69, 9.17) is 4.74 Å². The van der Waals surface area contributed by atoms with E-state index in [1.165, 1.54) is 12.1 Å². The van der Waals surface area contributed by atoms with E-state index in [0.29, 0.717) is 46.9 Å². The van der Waals surface area contributed by atoms with Crippen molar-refractivity contribution < 1.29 is 22.7 Å². The van der Waals surface area contributed by atoms with Crippen LogP contribution in [0.2, 0.25) is 0 Å². The second-order valence-electron chi connectivity index (χ2n) is 11.1. The molecule has 1 saturated heterocycles. The van der Waals surface area contributed by atoms with Crippen LogP contribution in [0.5, 0.6) is 11.6 Å². The summed E-state index contributed by atoms with van der Waals surface area (Å²) in [6, 6.07) is 12.4. The van der Waals surface area contributed by atoms with E-state index >= 15 is 0 Å². The molecule has 1 fully saturated rings. The monoisotopic (exact) mass is 616 g/mol. The predicted molar refractivity (Wildman–Crippen MR) is 163 cm³/mol. The van der Waals surface area contributed by atoms with Gasteiger partial charge in [0.2, 0.25) is 5.88 Å². The van der Waals surface area contributed by atoms with Gasteiger partial charge in [-0.1, -0.05) is 12.1 Å². The highest BCUT2D eigenvalue weighted by Crippen LogP contribution is 2.35. The molecule has 45 heavy (non-hydrogen) atoms. The van der Waals surface area contributed by atoms with Gasteiger partial charge in [-0.05, 0) is 55.4 Å². The van der Waals surface area contributed by atoms with Gasteiger partial charge in [0.1, 0.15) is 11.1 Å². The summed E-state index contributed by atoms with van der Waals surface area (Å²) in [7, 11) is 3.75. The van der Waals surface area contributed by atoms with Crippen LogP contribution >= 0.6 is 0 Å². The van der Waals surface area contributed by atoms with Crippen molar-refractivity contribution >= 4 is 22.6 Å². The number of ether oxygens (including phenoxy) is 1. The molecule has 0 saturated carbocycles. The van der Waals surface area contributed by atoms with Crippen LogP contribution in [0.3, 0.4) is 0 Å². The number of aromatic nitrogens is 5. The number of fused-ring (bicyclic) bond motifs is 1. The van der Waals surface area contributed by atoms with E-state index in [0.717, 1.165) is 24.7 Å². The Labute approximate surface area is 257 Å². The summed E-state index contributed by atoms with van der Waals surface area (Å²) in [5.41, 5.74) is 1.45. The van der Waals surface area contributed by atoms with Gasteiger partial charge in [0.05, 0.1) is 5.56 Å². The smallest absolute Gasteiger partial charge is 0.416 e. The first kappa shape index (κ1) is 30.2. The van der Waals surface area contributed by atoms with Crippen LogP contribution in [0.25, 0.3) is 22.4 Å². The standard InChI is InChI=1S/C32H31F3N8O2/c1-20-6-9-24(16-27(20)45-31-25-19-42(3)40-29(25)38-28(39-31)22-5-4-10-36-17-22)37-30(44)21-7-8-23(26(15-21)32(33,34)35)18-43-13-11-41(2)12-14-43/h4-10,15-17,19H,11-14,18H2,1-3H3,(H,37,44). The zero-order valence-corrected chi connectivity index (χ0v) is 25.0. The van der Waals surface area contributed by atoms with E-state index < -0.39 is 17.6 Å². The lowest BCUT2D eigenvalue weighted by molar-refractivity contribution is -0.138. The SMILES string of the molecule is Cc1ccc(NC(=O)c2ccc(CN3CCN(C)CC3)c(C(F)(F)F)c2)cc1Oc1nc(-c2cccnc2)nc2nn(C)cc12. The summed E-state index contributed by atoms with van der Waals surface area (Å²) in [5, 5.41) is 7.70. The number of benzene rings is 2. The molecular formula is C32H31F3N8O2. The van der Waals surface area contributed by atoms with Crippen LogP contribution in [0.4, 0.5) is 18.9 Å². The van der Waals surface area contributed by atoms with Gasteiger partial charge in [-0.15, -0.1) is 0 Å². The molecule has 2 aromatic carbocycles. The molecule has 0 spiro atoms. The molecule has 1 N–H and O–H groups in total. The van der Waals surface area contributed by atoms with Crippen molar-refractivity contribution in [2.24, 2.45) is 7.05 Å². The number of nitrogens with one attached hydrogen (secondary N) is 1. The number of pyridine rings is 1. The van der Waals surface area contributed by atoms with E-state index in [9.17, 15) is 18.0 Å². The second kappa shape index (κ2) is 12.3. The molecule has 3 aromatic heterocycles. The maximum Gasteiger partial charge on any atom is 0.416 e. The number of halogens is 3. The minimum Gasteiger partial charge on any atom is -0.438 e. The zero-order valence-electron chi connectivity index (χ0n) is 25.0. The third kappa shape index (κ3) is 6.79. The Bertz CT molecular complexity index is 1850. The maximum atomic E-state index is 14.1. The molecule has 1 aliphatic heterocycles. The number of nitrogens with zero attached hydrogens (tertiary/aromatic N) is 7. The number of amides is 1. The van der Waals surface area contributed by atoms with Crippen LogP contribution in [0.15, 0.2) is 67.1 Å². The Morgan fingerprint density at radius 1 is 1.02 bits per heavy atom. The normalized spacial score (nSPS) is 14.5. The molecule has 1 amide bonds. The van der Waals surface area contributed by atoms with E-state index in [2.05, 4.69) is 30.3 Å². The fourth-order valence-corrected chi connectivity index (χ4v) is 5.16. The van der Waals surface area contributed by atoms with Crippen molar-refractivity contribution in [2.75, 3.05) is 38.5 Å². The van der Waals surface area contributed by atoms with Crippen molar-refractivity contribution in [2.45, 2.75) is 19.6 Å². The molecule has 232 valence electrons. The average molecular weight is 617 g/mol. The van der Waals surface area contributed by atoms with Crippen molar-refractivity contribution in [3.8, 4) is 23.0 Å². The van der Waals surface area contributed by atoms with Crippen molar-refractivity contribution in [3.05, 3.63) is 89.4 Å². The van der Waals surface area contributed by atoms with Crippen molar-refractivity contribution in [1.82, 2.24) is 34.5 Å². The van der Waals surface area contributed by atoms with Crippen LogP contribution in [0.1, 0.15) is 27.0 Å². The van der Waals surface area contributed by atoms with Crippen molar-refractivity contribution in [1.29, 1.82) is 0 Å². The molecule has 10 nitrogen and oxygen atoms in total. The van der Waals surface area contributed by atoms with Gasteiger partial charge >= 0.3 is 6.18 Å². The summed E-state index contributed by atoms with van der Waals surface area (Å²) in [6.45, 7) is 4.94. The fourth-order valence-electron chi connectivity index (χ4n) is 5.16. The fraction of sp³-hybridized carbons (Fsp3) is 0.281. The zero-order chi connectivity index (χ0) is 31.7. The number of alkyl halides is 3. The number of aryl methyl sites for hydroxylation is 2. The lowest BCUT2D eigenvalue weighted by atomic mass is 10.0. The summed E-state index contributed by atoms with van der Waals surface area (Å²) < 4.78 is 50.1. The van der Waals surface area contributed by atoms with Crippen LogP contribution in [-0.2, 0) is 19.8 Å². The third-order valence-electron chi connectivity index (χ3n) is 7.70. The number of carbonyl (C=O) groups excluding carboxylic acids is 1. The number of likely N-dealkylation sites (N-methyl/N-ethyl adjacent to an activating group) is 1. The lowest BCUT2D eigenvalue weighted by Crippen LogP contribution is -2.44. The number of hydrogen-bond acceptors (Lipinski definition) is 8. The van der Waals surface area contributed by atoms with Gasteiger partial charge in [-0.2, -0.15) is 23.3 Å². The summed E-state index contributed by atoms with van der Waals surface area (Å²) in [6.07, 6.45) is 0.422. The molecule has 0 aliphatic carbocycles. The number of rotatable bonds is 7. The molecule has 0 bridgehead atoms. The first-order valence-electron chi connectivity index (χ1n) is 14.4. The topological polar surface area (TPSA) is 101 Å². The minimum atomic E-state index is -4.60. The Hall–Kier alpha value is -4.88. The van der Waals surface area contributed by atoms with Gasteiger partial charge in [0.15, 0.2) is 11.5 Å². The van der Waals surface area contributed by atoms with Gasteiger partial charge in [0.25, 0.3) is 5.91 Å². The van der Waals surface area contributed by atoms with Crippen LogP contribution in [0, 0.1) is 6.92 Å². The highest BCUT2D eigenvalue weighted by atomic mass is 19.4. The van der Waals surface area contributed by atoms with Gasteiger partial charge in [-0.25, -0.2) is 4.98 Å². The van der Waals surface area contributed by atoms with Gasteiger partial charge < -0.3 is 15.0 Å². The van der Waals surface area contributed by atoms with E-state index in [1.54, 1.807) is 54.6 Å². The molecule has 5 aromatic rings. The Morgan fingerprint density at radius 3 is 2.56 bits per heavy atom. The molecule has 4 heterocycles. The molecule has 0 unspecified atom stereocenters. The first-order chi connectivity index (χ1) is 21.5.